The Hall–Kier alpha value is -1.48. The van der Waals surface area contributed by atoms with Crippen LogP contribution in [0.4, 0.5) is 0 Å². The second-order valence-electron chi connectivity index (χ2n) is 6.51. The highest BCUT2D eigenvalue weighted by molar-refractivity contribution is 5.05. The molecule has 0 amide bonds. The van der Waals surface area contributed by atoms with Crippen molar-refractivity contribution in [3.63, 3.8) is 0 Å². The summed E-state index contributed by atoms with van der Waals surface area (Å²) < 4.78 is 19.3. The van der Waals surface area contributed by atoms with Gasteiger partial charge in [0.25, 0.3) is 5.56 Å². The van der Waals surface area contributed by atoms with E-state index in [1.54, 1.807) is 6.92 Å². The number of aromatic amines is 1. The Kier molecular flexibility index (Phi) is 3.45. The molecule has 1 aromatic heterocycles. The molecule has 1 saturated carbocycles. The first-order valence-electron chi connectivity index (χ1n) is 7.97. The Labute approximate surface area is 132 Å². The van der Waals surface area contributed by atoms with E-state index in [0.29, 0.717) is 5.56 Å². The molecule has 0 bridgehead atoms. The van der Waals surface area contributed by atoms with Gasteiger partial charge in [0.05, 0.1) is 6.61 Å². The lowest BCUT2D eigenvalue weighted by Crippen LogP contribution is -2.38. The second-order valence-corrected chi connectivity index (χ2v) is 6.51. The largest absolute Gasteiger partial charge is 0.394 e. The SMILES string of the molecule is Cc1cn([C@@H]2O[C@H](CO)[C@H]3OC4(CCCC4)O[C@H]32)c(=O)[nH]c1=O. The van der Waals surface area contributed by atoms with Crippen molar-refractivity contribution in [1.82, 2.24) is 9.55 Å². The molecule has 4 rings (SSSR count). The lowest BCUT2D eigenvalue weighted by atomic mass is 10.1. The number of ether oxygens (including phenoxy) is 3. The molecular formula is C15H20N2O6. The van der Waals surface area contributed by atoms with Gasteiger partial charge in [0.1, 0.15) is 18.3 Å². The highest BCUT2D eigenvalue weighted by Crippen LogP contribution is 2.48. The minimum atomic E-state index is -0.722. The molecule has 0 radical (unpaired) electrons. The lowest BCUT2D eigenvalue weighted by molar-refractivity contribution is -0.216. The van der Waals surface area contributed by atoms with Crippen molar-refractivity contribution in [2.24, 2.45) is 0 Å². The molecule has 0 aromatic carbocycles. The number of aliphatic hydroxyl groups excluding tert-OH is 1. The summed E-state index contributed by atoms with van der Waals surface area (Å²) in [6.45, 7) is 1.41. The highest BCUT2D eigenvalue weighted by Gasteiger charge is 2.59. The van der Waals surface area contributed by atoms with Crippen LogP contribution in [0.1, 0.15) is 37.5 Å². The van der Waals surface area contributed by atoms with E-state index < -0.39 is 41.6 Å². The first-order chi connectivity index (χ1) is 11.0. The van der Waals surface area contributed by atoms with E-state index in [9.17, 15) is 14.7 Å². The normalized spacial score (nSPS) is 35.0. The summed E-state index contributed by atoms with van der Waals surface area (Å²) in [5.74, 6) is -0.619. The zero-order valence-electron chi connectivity index (χ0n) is 12.9. The van der Waals surface area contributed by atoms with Crippen LogP contribution in [0.25, 0.3) is 0 Å². The number of aromatic nitrogens is 2. The molecule has 126 valence electrons. The standard InChI is InChI=1S/C15H20N2O6/c1-8-6-17(14(20)16-12(8)19)13-11-10(9(7-18)21-13)22-15(23-11)4-2-3-5-15/h6,9-11,13,18H,2-5,7H2,1H3,(H,16,19,20)/t9-,10-,11-,13-/m1/s1. The fourth-order valence-electron chi connectivity index (χ4n) is 3.80. The molecule has 2 N–H and O–H groups in total. The van der Waals surface area contributed by atoms with E-state index in [2.05, 4.69) is 4.98 Å². The van der Waals surface area contributed by atoms with Gasteiger partial charge in [0.2, 0.25) is 0 Å². The number of aryl methyl sites for hydroxylation is 1. The van der Waals surface area contributed by atoms with Gasteiger partial charge in [-0.2, -0.15) is 0 Å². The number of hydrogen-bond acceptors (Lipinski definition) is 6. The fraction of sp³-hybridized carbons (Fsp3) is 0.733. The van der Waals surface area contributed by atoms with Gasteiger partial charge in [-0.05, 0) is 19.8 Å². The molecule has 1 aromatic rings. The van der Waals surface area contributed by atoms with Crippen molar-refractivity contribution in [3.05, 3.63) is 32.6 Å². The van der Waals surface area contributed by atoms with E-state index in [1.165, 1.54) is 10.8 Å². The van der Waals surface area contributed by atoms with Gasteiger partial charge in [-0.25, -0.2) is 4.79 Å². The Morgan fingerprint density at radius 2 is 2.00 bits per heavy atom. The molecule has 1 aliphatic carbocycles. The molecule has 0 unspecified atom stereocenters. The number of nitrogens with zero attached hydrogens (tertiary/aromatic N) is 1. The summed E-state index contributed by atoms with van der Waals surface area (Å²) in [4.78, 5) is 26.0. The number of rotatable bonds is 2. The van der Waals surface area contributed by atoms with Gasteiger partial charge in [-0.1, -0.05) is 0 Å². The van der Waals surface area contributed by atoms with Crippen molar-refractivity contribution >= 4 is 0 Å². The van der Waals surface area contributed by atoms with Gasteiger partial charge < -0.3 is 19.3 Å². The summed E-state index contributed by atoms with van der Waals surface area (Å²) in [5, 5.41) is 9.57. The van der Waals surface area contributed by atoms with Crippen LogP contribution >= 0.6 is 0 Å². The molecule has 8 nitrogen and oxygen atoms in total. The maximum Gasteiger partial charge on any atom is 0.330 e. The van der Waals surface area contributed by atoms with E-state index in [0.717, 1.165) is 25.7 Å². The first kappa shape index (κ1) is 15.1. The first-order valence-corrected chi connectivity index (χ1v) is 7.97. The predicted molar refractivity (Wildman–Crippen MR) is 78.0 cm³/mol. The minimum Gasteiger partial charge on any atom is -0.394 e. The summed E-state index contributed by atoms with van der Waals surface area (Å²) in [6.07, 6.45) is 2.99. The van der Waals surface area contributed by atoms with Gasteiger partial charge >= 0.3 is 5.69 Å². The predicted octanol–water partition coefficient (Wildman–Crippen LogP) is -0.211. The average molecular weight is 324 g/mol. The Morgan fingerprint density at radius 3 is 2.70 bits per heavy atom. The molecule has 4 atom stereocenters. The maximum absolute atomic E-state index is 12.1. The number of H-pyrrole nitrogens is 1. The summed E-state index contributed by atoms with van der Waals surface area (Å²) in [5.41, 5.74) is -0.569. The third kappa shape index (κ3) is 2.28. The lowest BCUT2D eigenvalue weighted by Gasteiger charge is -2.27. The van der Waals surface area contributed by atoms with Crippen LogP contribution in [-0.2, 0) is 14.2 Å². The van der Waals surface area contributed by atoms with Gasteiger partial charge in [-0.15, -0.1) is 0 Å². The Balaban J connectivity index is 1.71. The average Bonchev–Trinajstić information content (AvgIpc) is 3.20. The zero-order chi connectivity index (χ0) is 16.2. The molecule has 3 aliphatic rings. The van der Waals surface area contributed by atoms with E-state index >= 15 is 0 Å². The zero-order valence-corrected chi connectivity index (χ0v) is 12.9. The Bertz CT molecular complexity index is 719. The molecule has 3 heterocycles. The second kappa shape index (κ2) is 5.27. The quantitative estimate of drug-likeness (QED) is 0.780. The number of hydrogen-bond donors (Lipinski definition) is 2. The van der Waals surface area contributed by atoms with Crippen molar-refractivity contribution in [3.8, 4) is 0 Å². The molecule has 2 saturated heterocycles. The summed E-state index contributed by atoms with van der Waals surface area (Å²) in [6, 6.07) is 0. The van der Waals surface area contributed by atoms with Crippen LogP contribution in [0.3, 0.4) is 0 Å². The van der Waals surface area contributed by atoms with Crippen molar-refractivity contribution in [2.75, 3.05) is 6.61 Å². The van der Waals surface area contributed by atoms with Crippen LogP contribution in [0, 0.1) is 6.92 Å². The number of nitrogens with one attached hydrogen (secondary N) is 1. The monoisotopic (exact) mass is 324 g/mol. The molecule has 1 spiro atoms. The van der Waals surface area contributed by atoms with Crippen LogP contribution in [0.2, 0.25) is 0 Å². The summed E-state index contributed by atoms with van der Waals surface area (Å²) in [7, 11) is 0. The summed E-state index contributed by atoms with van der Waals surface area (Å²) >= 11 is 0. The number of fused-ring (bicyclic) bond motifs is 1. The number of aliphatic hydroxyl groups is 1. The fourth-order valence-corrected chi connectivity index (χ4v) is 3.80. The van der Waals surface area contributed by atoms with E-state index in [1.807, 2.05) is 0 Å². The molecular weight excluding hydrogens is 304 g/mol. The van der Waals surface area contributed by atoms with Crippen LogP contribution in [0.15, 0.2) is 15.8 Å². The molecule has 2 aliphatic heterocycles. The highest BCUT2D eigenvalue weighted by atomic mass is 16.8. The van der Waals surface area contributed by atoms with Crippen LogP contribution in [-0.4, -0.2) is 45.4 Å². The molecule has 8 heteroatoms. The van der Waals surface area contributed by atoms with Gasteiger partial charge in [-0.3, -0.25) is 14.3 Å². The van der Waals surface area contributed by atoms with Gasteiger partial charge in [0.15, 0.2) is 12.0 Å². The van der Waals surface area contributed by atoms with Crippen LogP contribution in [0.5, 0.6) is 0 Å². The van der Waals surface area contributed by atoms with Crippen molar-refractivity contribution < 1.29 is 19.3 Å². The van der Waals surface area contributed by atoms with Crippen molar-refractivity contribution in [1.29, 1.82) is 0 Å². The smallest absolute Gasteiger partial charge is 0.330 e. The topological polar surface area (TPSA) is 103 Å². The molecule has 23 heavy (non-hydrogen) atoms. The van der Waals surface area contributed by atoms with Crippen LogP contribution < -0.4 is 11.2 Å². The third-order valence-corrected chi connectivity index (χ3v) is 4.95. The third-order valence-electron chi connectivity index (χ3n) is 4.95. The molecule has 3 fully saturated rings. The van der Waals surface area contributed by atoms with E-state index in [-0.39, 0.29) is 6.61 Å². The van der Waals surface area contributed by atoms with Gasteiger partial charge in [0, 0.05) is 24.6 Å². The minimum absolute atomic E-state index is 0.214. The van der Waals surface area contributed by atoms with Crippen molar-refractivity contribution in [2.45, 2.75) is 62.9 Å². The maximum atomic E-state index is 12.1. The van der Waals surface area contributed by atoms with E-state index in [4.69, 9.17) is 14.2 Å². The Morgan fingerprint density at radius 1 is 1.30 bits per heavy atom.